The predicted octanol–water partition coefficient (Wildman–Crippen LogP) is 3.90. The molecular weight excluding hydrogens is 378 g/mol. The number of benzene rings is 1. The summed E-state index contributed by atoms with van der Waals surface area (Å²) in [7, 11) is -0.0474. The second kappa shape index (κ2) is 6.93. The molecule has 1 aliphatic carbocycles. The van der Waals surface area contributed by atoms with Gasteiger partial charge in [-0.25, -0.2) is 8.78 Å². The second-order valence-corrected chi connectivity index (χ2v) is 8.05. The predicted molar refractivity (Wildman–Crippen MR) is 85.0 cm³/mol. The lowest BCUT2D eigenvalue weighted by Gasteiger charge is -2.26. The number of aliphatic hydroxyl groups is 1. The quantitative estimate of drug-likeness (QED) is 0.785. The van der Waals surface area contributed by atoms with Gasteiger partial charge in [-0.05, 0) is 37.5 Å². The molecule has 1 saturated carbocycles. The lowest BCUT2D eigenvalue weighted by Crippen LogP contribution is -2.35. The Bertz CT molecular complexity index is 568. The molecule has 22 heavy (non-hydrogen) atoms. The zero-order valence-electron chi connectivity index (χ0n) is 12.3. The minimum atomic E-state index is -2.74. The van der Waals surface area contributed by atoms with Crippen LogP contribution >= 0.6 is 15.9 Å². The molecule has 0 saturated heterocycles. The van der Waals surface area contributed by atoms with Crippen LogP contribution in [0, 0.1) is 0 Å². The van der Waals surface area contributed by atoms with Crippen LogP contribution in [0.5, 0.6) is 5.75 Å². The van der Waals surface area contributed by atoms with Crippen molar-refractivity contribution in [2.24, 2.45) is 0 Å². The van der Waals surface area contributed by atoms with Crippen LogP contribution in [0.15, 0.2) is 27.6 Å². The van der Waals surface area contributed by atoms with Crippen molar-refractivity contribution in [3.63, 3.8) is 0 Å². The van der Waals surface area contributed by atoms with E-state index in [-0.39, 0.29) is 37.9 Å². The topological polar surface area (TPSA) is 46.5 Å². The summed E-state index contributed by atoms with van der Waals surface area (Å²) in [6, 6.07) is 5.12. The maximum atomic E-state index is 13.4. The summed E-state index contributed by atoms with van der Waals surface area (Å²) in [6.07, 6.45) is -0.151. The fourth-order valence-electron chi connectivity index (χ4n) is 2.64. The fraction of sp³-hybridized carbons (Fsp3) is 0.600. The third kappa shape index (κ3) is 4.49. The van der Waals surface area contributed by atoms with Gasteiger partial charge in [0.25, 0.3) is 0 Å². The van der Waals surface area contributed by atoms with Crippen molar-refractivity contribution in [2.45, 2.75) is 48.5 Å². The van der Waals surface area contributed by atoms with Gasteiger partial charge in [0.15, 0.2) is 0 Å². The van der Waals surface area contributed by atoms with Crippen LogP contribution in [-0.4, -0.2) is 33.7 Å². The maximum Gasteiger partial charge on any atom is 0.248 e. The smallest absolute Gasteiger partial charge is 0.248 e. The lowest BCUT2D eigenvalue weighted by atomic mass is 9.97. The van der Waals surface area contributed by atoms with Crippen LogP contribution in [0.4, 0.5) is 8.78 Å². The van der Waals surface area contributed by atoms with E-state index in [4.69, 9.17) is 4.74 Å². The van der Waals surface area contributed by atoms with E-state index >= 15 is 0 Å². The van der Waals surface area contributed by atoms with E-state index in [1.165, 1.54) is 7.11 Å². The summed E-state index contributed by atoms with van der Waals surface area (Å²) in [5.74, 6) is -2.33. The van der Waals surface area contributed by atoms with Crippen molar-refractivity contribution in [3.05, 3.63) is 22.7 Å². The standard InChI is InChI=1S/C15H19BrF2O3S/c1-21-12-4-3-11(16)9-13(12)22(20)10-14(19)5-2-6-15(17,18)8-7-14/h3-4,9,19H,2,5-8,10H2,1H3. The molecule has 1 fully saturated rings. The summed E-state index contributed by atoms with van der Waals surface area (Å²) in [5.41, 5.74) is -1.32. The molecular formula is C15H19BrF2O3S. The number of rotatable bonds is 4. The van der Waals surface area contributed by atoms with Crippen LogP contribution in [0.3, 0.4) is 0 Å². The van der Waals surface area contributed by atoms with Crippen molar-refractivity contribution in [3.8, 4) is 5.75 Å². The Balaban J connectivity index is 2.16. The first-order valence-corrected chi connectivity index (χ1v) is 9.18. The first-order valence-electron chi connectivity index (χ1n) is 7.07. The summed E-state index contributed by atoms with van der Waals surface area (Å²) in [4.78, 5) is 0.460. The summed E-state index contributed by atoms with van der Waals surface area (Å²) >= 11 is 3.31. The second-order valence-electron chi connectivity index (χ2n) is 5.72. The van der Waals surface area contributed by atoms with Crippen molar-refractivity contribution in [1.29, 1.82) is 0 Å². The highest BCUT2D eigenvalue weighted by molar-refractivity contribution is 9.10. The van der Waals surface area contributed by atoms with E-state index in [1.54, 1.807) is 18.2 Å². The van der Waals surface area contributed by atoms with Gasteiger partial charge in [-0.1, -0.05) is 15.9 Å². The highest BCUT2D eigenvalue weighted by atomic mass is 79.9. The SMILES string of the molecule is COc1ccc(Br)cc1S(=O)CC1(O)CCCC(F)(F)CC1. The van der Waals surface area contributed by atoms with Crippen molar-refractivity contribution in [2.75, 3.05) is 12.9 Å². The third-order valence-corrected chi connectivity index (χ3v) is 6.01. The first-order chi connectivity index (χ1) is 10.2. The Morgan fingerprint density at radius 1 is 1.32 bits per heavy atom. The van der Waals surface area contributed by atoms with E-state index in [0.717, 1.165) is 4.47 Å². The largest absolute Gasteiger partial charge is 0.495 e. The molecule has 1 N–H and O–H groups in total. The first kappa shape index (κ1) is 17.8. The molecule has 2 rings (SSSR count). The van der Waals surface area contributed by atoms with Gasteiger partial charge in [-0.15, -0.1) is 0 Å². The molecule has 1 aliphatic rings. The Kier molecular flexibility index (Phi) is 5.61. The Hall–Kier alpha value is -0.530. The molecule has 124 valence electrons. The lowest BCUT2D eigenvalue weighted by molar-refractivity contribution is -0.0243. The fourth-order valence-corrected chi connectivity index (χ4v) is 4.72. The summed E-state index contributed by atoms with van der Waals surface area (Å²) in [6.45, 7) is 0. The molecule has 1 aromatic carbocycles. The molecule has 3 nitrogen and oxygen atoms in total. The molecule has 0 aromatic heterocycles. The zero-order valence-corrected chi connectivity index (χ0v) is 14.7. The van der Waals surface area contributed by atoms with Gasteiger partial charge < -0.3 is 9.84 Å². The molecule has 0 aliphatic heterocycles. The van der Waals surface area contributed by atoms with Crippen LogP contribution < -0.4 is 4.74 Å². The number of alkyl halides is 2. The summed E-state index contributed by atoms with van der Waals surface area (Å²) in [5, 5.41) is 10.6. The molecule has 1 aromatic rings. The van der Waals surface area contributed by atoms with Crippen LogP contribution in [-0.2, 0) is 10.8 Å². The van der Waals surface area contributed by atoms with Crippen LogP contribution in [0.25, 0.3) is 0 Å². The van der Waals surface area contributed by atoms with Gasteiger partial charge in [0, 0.05) is 17.3 Å². The molecule has 2 unspecified atom stereocenters. The number of ether oxygens (including phenoxy) is 1. The van der Waals surface area contributed by atoms with Gasteiger partial charge in [0.1, 0.15) is 5.75 Å². The van der Waals surface area contributed by atoms with Gasteiger partial charge in [-0.3, -0.25) is 4.21 Å². The van der Waals surface area contributed by atoms with Gasteiger partial charge in [0.2, 0.25) is 5.92 Å². The van der Waals surface area contributed by atoms with E-state index in [2.05, 4.69) is 15.9 Å². The van der Waals surface area contributed by atoms with Crippen LogP contribution in [0.1, 0.15) is 32.1 Å². The monoisotopic (exact) mass is 396 g/mol. The molecule has 0 spiro atoms. The molecule has 2 atom stereocenters. The highest BCUT2D eigenvalue weighted by Gasteiger charge is 2.40. The molecule has 0 heterocycles. The maximum absolute atomic E-state index is 13.4. The van der Waals surface area contributed by atoms with Gasteiger partial charge in [0.05, 0.1) is 34.2 Å². The molecule has 0 amide bonds. The highest BCUT2D eigenvalue weighted by Crippen LogP contribution is 2.38. The van der Waals surface area contributed by atoms with Crippen molar-refractivity contribution in [1.82, 2.24) is 0 Å². The van der Waals surface area contributed by atoms with Gasteiger partial charge in [-0.2, -0.15) is 0 Å². The van der Waals surface area contributed by atoms with Crippen LogP contribution in [0.2, 0.25) is 0 Å². The number of hydrogen-bond acceptors (Lipinski definition) is 3. The average Bonchev–Trinajstić information content (AvgIpc) is 2.58. The number of methoxy groups -OCH3 is 1. The average molecular weight is 397 g/mol. The summed E-state index contributed by atoms with van der Waals surface area (Å²) < 4.78 is 45.4. The normalized spacial score (nSPS) is 26.2. The van der Waals surface area contributed by atoms with Gasteiger partial charge >= 0.3 is 0 Å². The Morgan fingerprint density at radius 3 is 2.73 bits per heavy atom. The number of halogens is 3. The molecule has 7 heteroatoms. The van der Waals surface area contributed by atoms with E-state index in [1.807, 2.05) is 0 Å². The minimum Gasteiger partial charge on any atom is -0.495 e. The minimum absolute atomic E-state index is 0.0396. The molecule has 0 bridgehead atoms. The number of hydrogen-bond donors (Lipinski definition) is 1. The van der Waals surface area contributed by atoms with E-state index in [0.29, 0.717) is 10.6 Å². The third-order valence-electron chi connectivity index (χ3n) is 3.91. The zero-order chi connectivity index (χ0) is 16.4. The van der Waals surface area contributed by atoms with Crippen molar-refractivity contribution >= 4 is 26.7 Å². The Morgan fingerprint density at radius 2 is 2.05 bits per heavy atom. The van der Waals surface area contributed by atoms with Crippen molar-refractivity contribution < 1.29 is 22.8 Å². The Labute approximate surface area is 139 Å². The molecule has 0 radical (unpaired) electrons. The van der Waals surface area contributed by atoms with E-state index in [9.17, 15) is 18.1 Å². The van der Waals surface area contributed by atoms with E-state index < -0.39 is 22.3 Å².